The van der Waals surface area contributed by atoms with Crippen LogP contribution in [-0.2, 0) is 27.3 Å². The molecule has 4 N–H and O–H groups in total. The highest BCUT2D eigenvalue weighted by molar-refractivity contribution is 7.99. The Hall–Kier alpha value is -2.88. The Morgan fingerprint density at radius 1 is 1.10 bits per heavy atom. The quantitative estimate of drug-likeness (QED) is 0.284. The van der Waals surface area contributed by atoms with E-state index in [9.17, 15) is 19.5 Å². The van der Waals surface area contributed by atoms with E-state index in [0.29, 0.717) is 19.5 Å². The minimum Gasteiger partial charge on any atom is -0.381 e. The summed E-state index contributed by atoms with van der Waals surface area (Å²) in [6.45, 7) is 7.64. The maximum Gasteiger partial charge on any atom is 0.254 e. The number of thioether (sulfide) groups is 1. The van der Waals surface area contributed by atoms with Crippen molar-refractivity contribution in [2.75, 3.05) is 25.5 Å². The lowest BCUT2D eigenvalue weighted by atomic mass is 9.96. The van der Waals surface area contributed by atoms with Crippen molar-refractivity contribution in [1.29, 1.82) is 0 Å². The third-order valence-corrected chi connectivity index (χ3v) is 8.00. The van der Waals surface area contributed by atoms with Gasteiger partial charge in [-0.25, -0.2) is 0 Å². The molecule has 1 aliphatic rings. The number of hydrogen-bond donors (Lipinski definition) is 4. The monoisotopic (exact) mass is 554 g/mol. The number of aryl methyl sites for hydroxylation is 1. The zero-order valence-electron chi connectivity index (χ0n) is 23.2. The lowest BCUT2D eigenvalue weighted by Crippen LogP contribution is -2.55. The molecule has 8 nitrogen and oxygen atoms in total. The maximum absolute atomic E-state index is 13.6. The third-order valence-electron chi connectivity index (χ3n) is 6.88. The van der Waals surface area contributed by atoms with Gasteiger partial charge in [-0.2, -0.15) is 0 Å². The van der Waals surface area contributed by atoms with Crippen LogP contribution in [0.4, 0.5) is 0 Å². The van der Waals surface area contributed by atoms with Crippen molar-refractivity contribution in [2.24, 2.45) is 5.92 Å². The van der Waals surface area contributed by atoms with E-state index >= 15 is 0 Å². The molecule has 9 heteroatoms. The van der Waals surface area contributed by atoms with Crippen molar-refractivity contribution in [2.45, 2.75) is 64.0 Å². The molecule has 0 aliphatic carbocycles. The Morgan fingerprint density at radius 2 is 1.82 bits per heavy atom. The topological polar surface area (TPSA) is 111 Å². The predicted octanol–water partition coefficient (Wildman–Crippen LogP) is 2.63. The number of hydrogen-bond acceptors (Lipinski definition) is 6. The second-order valence-electron chi connectivity index (χ2n) is 10.4. The van der Waals surface area contributed by atoms with Gasteiger partial charge in [-0.05, 0) is 49.4 Å². The molecule has 1 aliphatic heterocycles. The van der Waals surface area contributed by atoms with Gasteiger partial charge in [-0.1, -0.05) is 68.4 Å². The molecular formula is C30H42N4O4S. The van der Waals surface area contributed by atoms with Gasteiger partial charge in [0.1, 0.15) is 6.54 Å². The molecule has 2 aromatic rings. The summed E-state index contributed by atoms with van der Waals surface area (Å²) in [5.74, 6) is -1.00. The molecule has 212 valence electrons. The molecule has 0 spiro atoms. The van der Waals surface area contributed by atoms with Crippen LogP contribution in [0.3, 0.4) is 0 Å². The minimum absolute atomic E-state index is 0.172. The summed E-state index contributed by atoms with van der Waals surface area (Å²) >= 11 is 1.51. The highest BCUT2D eigenvalue weighted by Crippen LogP contribution is 2.17. The first kappa shape index (κ1) is 30.7. The van der Waals surface area contributed by atoms with E-state index in [1.807, 2.05) is 75.4 Å². The molecule has 1 saturated heterocycles. The average Bonchev–Trinajstić information content (AvgIpc) is 2.94. The third kappa shape index (κ3) is 9.98. The zero-order valence-corrected chi connectivity index (χ0v) is 24.0. The largest absolute Gasteiger partial charge is 0.381 e. The van der Waals surface area contributed by atoms with Gasteiger partial charge in [0.15, 0.2) is 6.10 Å². The Kier molecular flexibility index (Phi) is 12.3. The standard InChI is InChI=1S/C30H42N4O4S/c1-21(2)39-20-34(19-27(35)32-18-24-13-8-7-10-22(24)3)30(38)28(36)26(16-23-11-5-4-6-12-23)33-29(37)25-14-9-15-31-17-25/h4-8,10-13,21,25-26,28,31,36H,9,14-20H2,1-3H3,(H,32,35)(H,33,37)/t25?,26-,28-/m0/s1. The minimum atomic E-state index is -1.50. The van der Waals surface area contributed by atoms with E-state index < -0.39 is 18.1 Å². The van der Waals surface area contributed by atoms with Crippen LogP contribution < -0.4 is 16.0 Å². The van der Waals surface area contributed by atoms with E-state index in [-0.39, 0.29) is 35.4 Å². The summed E-state index contributed by atoms with van der Waals surface area (Å²) in [5.41, 5.74) is 2.97. The van der Waals surface area contributed by atoms with Crippen LogP contribution in [0.25, 0.3) is 0 Å². The fourth-order valence-corrected chi connectivity index (χ4v) is 5.20. The Bertz CT molecular complexity index is 1080. The van der Waals surface area contributed by atoms with E-state index in [0.717, 1.165) is 36.1 Å². The highest BCUT2D eigenvalue weighted by atomic mass is 32.2. The van der Waals surface area contributed by atoms with E-state index in [1.54, 1.807) is 0 Å². The average molecular weight is 555 g/mol. The lowest BCUT2D eigenvalue weighted by Gasteiger charge is -2.31. The van der Waals surface area contributed by atoms with Crippen LogP contribution in [0, 0.1) is 12.8 Å². The Balaban J connectivity index is 1.72. The van der Waals surface area contributed by atoms with Crippen LogP contribution in [0.1, 0.15) is 43.4 Å². The van der Waals surface area contributed by atoms with Crippen molar-refractivity contribution in [1.82, 2.24) is 20.9 Å². The molecule has 3 amide bonds. The fourth-order valence-electron chi connectivity index (χ4n) is 4.50. The number of aliphatic hydroxyl groups excluding tert-OH is 1. The SMILES string of the molecule is Cc1ccccc1CNC(=O)CN(CSC(C)C)C(=O)[C@@H](O)[C@H](Cc1ccccc1)NC(=O)C1CCCNC1. The van der Waals surface area contributed by atoms with Crippen molar-refractivity contribution in [3.8, 4) is 0 Å². The van der Waals surface area contributed by atoms with Gasteiger partial charge < -0.3 is 26.0 Å². The van der Waals surface area contributed by atoms with Gasteiger partial charge in [0, 0.05) is 18.3 Å². The second kappa shape index (κ2) is 15.6. The molecule has 39 heavy (non-hydrogen) atoms. The number of aliphatic hydroxyl groups is 1. The number of benzene rings is 2. The molecule has 1 fully saturated rings. The van der Waals surface area contributed by atoms with Gasteiger partial charge in [0.05, 0.1) is 17.8 Å². The van der Waals surface area contributed by atoms with Gasteiger partial charge in [0.2, 0.25) is 11.8 Å². The molecular weight excluding hydrogens is 512 g/mol. The van der Waals surface area contributed by atoms with Gasteiger partial charge in [0.25, 0.3) is 5.91 Å². The predicted molar refractivity (Wildman–Crippen MR) is 156 cm³/mol. The second-order valence-corrected chi connectivity index (χ2v) is 11.9. The summed E-state index contributed by atoms with van der Waals surface area (Å²) in [6.07, 6.45) is 0.465. The molecule has 2 aromatic carbocycles. The molecule has 0 aromatic heterocycles. The van der Waals surface area contributed by atoms with Crippen molar-refractivity contribution in [3.63, 3.8) is 0 Å². The highest BCUT2D eigenvalue weighted by Gasteiger charge is 2.34. The number of carbonyl (C=O) groups excluding carboxylic acids is 3. The smallest absolute Gasteiger partial charge is 0.254 e. The number of nitrogens with zero attached hydrogens (tertiary/aromatic N) is 1. The Labute approximate surface area is 236 Å². The molecule has 1 heterocycles. The zero-order chi connectivity index (χ0) is 28.2. The van der Waals surface area contributed by atoms with Gasteiger partial charge >= 0.3 is 0 Å². The summed E-state index contributed by atoms with van der Waals surface area (Å²) in [6, 6.07) is 16.5. The molecule has 1 unspecified atom stereocenters. The number of amides is 3. The Morgan fingerprint density at radius 3 is 2.49 bits per heavy atom. The fraction of sp³-hybridized carbons (Fsp3) is 0.500. The number of carbonyl (C=O) groups is 3. The van der Waals surface area contributed by atoms with Gasteiger partial charge in [-0.3, -0.25) is 14.4 Å². The van der Waals surface area contributed by atoms with Crippen LogP contribution in [-0.4, -0.2) is 70.6 Å². The number of piperidine rings is 1. The number of rotatable bonds is 13. The van der Waals surface area contributed by atoms with Crippen LogP contribution in [0.5, 0.6) is 0 Å². The maximum atomic E-state index is 13.6. The normalized spacial score (nSPS) is 16.8. The molecule has 0 bridgehead atoms. The summed E-state index contributed by atoms with van der Waals surface area (Å²) in [7, 11) is 0. The van der Waals surface area contributed by atoms with Crippen LogP contribution in [0.2, 0.25) is 0 Å². The van der Waals surface area contributed by atoms with Crippen molar-refractivity contribution >= 4 is 29.5 Å². The summed E-state index contributed by atoms with van der Waals surface area (Å²) < 4.78 is 0. The molecule has 0 saturated carbocycles. The summed E-state index contributed by atoms with van der Waals surface area (Å²) in [4.78, 5) is 41.0. The van der Waals surface area contributed by atoms with E-state index in [4.69, 9.17) is 0 Å². The molecule has 3 rings (SSSR count). The first-order chi connectivity index (χ1) is 18.7. The van der Waals surface area contributed by atoms with E-state index in [1.165, 1.54) is 16.7 Å². The van der Waals surface area contributed by atoms with Crippen LogP contribution >= 0.6 is 11.8 Å². The first-order valence-electron chi connectivity index (χ1n) is 13.7. The number of nitrogens with one attached hydrogen (secondary N) is 3. The van der Waals surface area contributed by atoms with Gasteiger partial charge in [-0.15, -0.1) is 11.8 Å². The van der Waals surface area contributed by atoms with Crippen molar-refractivity contribution in [3.05, 3.63) is 71.3 Å². The van der Waals surface area contributed by atoms with Crippen molar-refractivity contribution < 1.29 is 19.5 Å². The lowest BCUT2D eigenvalue weighted by molar-refractivity contribution is -0.144. The van der Waals surface area contributed by atoms with E-state index in [2.05, 4.69) is 16.0 Å². The first-order valence-corrected chi connectivity index (χ1v) is 14.7. The molecule has 0 radical (unpaired) electrons. The molecule has 3 atom stereocenters. The van der Waals surface area contributed by atoms with Crippen LogP contribution in [0.15, 0.2) is 54.6 Å². The summed E-state index contributed by atoms with van der Waals surface area (Å²) in [5, 5.41) is 20.6.